The van der Waals surface area contributed by atoms with E-state index in [1.807, 2.05) is 0 Å². The fourth-order valence-electron chi connectivity index (χ4n) is 2.97. The van der Waals surface area contributed by atoms with Crippen LogP contribution in [0, 0.1) is 5.41 Å². The molecule has 2 aromatic rings. The minimum Gasteiger partial charge on any atom is -0.370 e. The highest BCUT2D eigenvalue weighted by Crippen LogP contribution is 2.34. The first kappa shape index (κ1) is 15.6. The van der Waals surface area contributed by atoms with Crippen molar-refractivity contribution in [2.75, 3.05) is 13.6 Å². The van der Waals surface area contributed by atoms with E-state index in [0.29, 0.717) is 0 Å². The van der Waals surface area contributed by atoms with Crippen LogP contribution in [0.3, 0.4) is 0 Å². The van der Waals surface area contributed by atoms with Crippen LogP contribution in [0.5, 0.6) is 0 Å². The summed E-state index contributed by atoms with van der Waals surface area (Å²) in [5, 5.41) is 0. The van der Waals surface area contributed by atoms with E-state index in [-0.39, 0.29) is 5.41 Å². The molecule has 1 heteroatoms. The van der Waals surface area contributed by atoms with E-state index >= 15 is 0 Å². The van der Waals surface area contributed by atoms with Crippen LogP contribution in [0.2, 0.25) is 0 Å². The zero-order valence-electron chi connectivity index (χ0n) is 14.5. The molecule has 0 aliphatic carbocycles. The summed E-state index contributed by atoms with van der Waals surface area (Å²) in [6, 6.07) is 19.4. The first-order valence-electron chi connectivity index (χ1n) is 8.24. The van der Waals surface area contributed by atoms with Crippen molar-refractivity contribution in [3.05, 3.63) is 77.9 Å². The van der Waals surface area contributed by atoms with Gasteiger partial charge in [-0.15, -0.1) is 0 Å². The third kappa shape index (κ3) is 3.39. The summed E-state index contributed by atoms with van der Waals surface area (Å²) in [6.45, 7) is 7.80. The Morgan fingerprint density at radius 1 is 0.826 bits per heavy atom. The number of hydrogen-bond donors (Lipinski definition) is 0. The lowest BCUT2D eigenvalue weighted by Gasteiger charge is -2.31. The normalized spacial score (nSPS) is 15.2. The van der Waals surface area contributed by atoms with Crippen molar-refractivity contribution in [1.29, 1.82) is 0 Å². The molecule has 0 N–H and O–H groups in total. The Bertz CT molecular complexity index is 745. The molecule has 0 fully saturated rings. The zero-order chi connectivity index (χ0) is 16.4. The van der Waals surface area contributed by atoms with Gasteiger partial charge in [0.25, 0.3) is 0 Å². The number of rotatable bonds is 2. The smallest absolute Gasteiger partial charge is 0.0443 e. The molecular formula is C22H25N. The maximum atomic E-state index is 2.34. The molecule has 0 saturated carbocycles. The summed E-state index contributed by atoms with van der Waals surface area (Å²) < 4.78 is 0. The molecule has 0 bridgehead atoms. The van der Waals surface area contributed by atoms with Crippen LogP contribution in [0.15, 0.2) is 72.3 Å². The molecule has 0 amide bonds. The molecular weight excluding hydrogens is 278 g/mol. The lowest BCUT2D eigenvalue weighted by molar-refractivity contribution is 0.481. The monoisotopic (exact) mass is 303 g/mol. The second-order valence-electron chi connectivity index (χ2n) is 7.27. The largest absolute Gasteiger partial charge is 0.370 e. The third-order valence-corrected chi connectivity index (χ3v) is 4.42. The van der Waals surface area contributed by atoms with Gasteiger partial charge in [-0.2, -0.15) is 0 Å². The topological polar surface area (TPSA) is 3.24 Å². The van der Waals surface area contributed by atoms with Crippen molar-refractivity contribution in [1.82, 2.24) is 4.90 Å². The van der Waals surface area contributed by atoms with Crippen molar-refractivity contribution in [3.63, 3.8) is 0 Å². The quantitative estimate of drug-likeness (QED) is 0.696. The van der Waals surface area contributed by atoms with E-state index in [9.17, 15) is 0 Å². The summed E-state index contributed by atoms with van der Waals surface area (Å²) >= 11 is 0. The van der Waals surface area contributed by atoms with Crippen LogP contribution in [-0.2, 0) is 0 Å². The molecule has 0 aromatic heterocycles. The van der Waals surface area contributed by atoms with Gasteiger partial charge in [-0.3, -0.25) is 0 Å². The number of nitrogens with zero attached hydrogens (tertiary/aromatic N) is 1. The second kappa shape index (κ2) is 6.08. The molecule has 0 atom stereocenters. The van der Waals surface area contributed by atoms with Crippen molar-refractivity contribution in [2.45, 2.75) is 20.8 Å². The first-order chi connectivity index (χ1) is 10.9. The predicted octanol–water partition coefficient (Wildman–Crippen LogP) is 5.61. The molecule has 1 heterocycles. The molecule has 1 aliphatic heterocycles. The lowest BCUT2D eigenvalue weighted by atomic mass is 9.83. The van der Waals surface area contributed by atoms with Gasteiger partial charge in [-0.05, 0) is 39.8 Å². The highest BCUT2D eigenvalue weighted by atomic mass is 15.1. The van der Waals surface area contributed by atoms with Gasteiger partial charge in [0, 0.05) is 19.3 Å². The van der Waals surface area contributed by atoms with Gasteiger partial charge in [0.2, 0.25) is 0 Å². The molecule has 0 radical (unpaired) electrons. The van der Waals surface area contributed by atoms with Crippen LogP contribution in [0.1, 0.15) is 26.3 Å². The maximum absolute atomic E-state index is 2.34. The van der Waals surface area contributed by atoms with Gasteiger partial charge >= 0.3 is 0 Å². The molecule has 3 rings (SSSR count). The van der Waals surface area contributed by atoms with Crippen LogP contribution in [-0.4, -0.2) is 18.5 Å². The standard InChI is InChI=1S/C22H25N/c1-22(2,3)20-13-14-23(4)21(16-20)19-12-8-11-18(15-19)17-9-6-5-7-10-17/h5-13,15-16H,14H2,1-4H3. The van der Waals surface area contributed by atoms with Crippen molar-refractivity contribution in [2.24, 2.45) is 5.41 Å². The van der Waals surface area contributed by atoms with E-state index in [1.54, 1.807) is 0 Å². The summed E-state index contributed by atoms with van der Waals surface area (Å²) in [4.78, 5) is 2.32. The summed E-state index contributed by atoms with van der Waals surface area (Å²) in [7, 11) is 2.16. The number of benzene rings is 2. The molecule has 2 aromatic carbocycles. The number of hydrogen-bond acceptors (Lipinski definition) is 1. The molecule has 1 nitrogen and oxygen atoms in total. The molecule has 0 unspecified atom stereocenters. The Hall–Kier alpha value is -2.28. The molecule has 0 spiro atoms. The van der Waals surface area contributed by atoms with Crippen molar-refractivity contribution < 1.29 is 0 Å². The SMILES string of the molecule is CN1CC=C(C(C)(C)C)C=C1c1cccc(-c2ccccc2)c1. The first-order valence-corrected chi connectivity index (χ1v) is 8.24. The highest BCUT2D eigenvalue weighted by Gasteiger charge is 2.20. The van der Waals surface area contributed by atoms with Gasteiger partial charge in [0.15, 0.2) is 0 Å². The van der Waals surface area contributed by atoms with Crippen molar-refractivity contribution >= 4 is 5.70 Å². The lowest BCUT2D eigenvalue weighted by Crippen LogP contribution is -2.23. The maximum Gasteiger partial charge on any atom is 0.0443 e. The van der Waals surface area contributed by atoms with Crippen LogP contribution >= 0.6 is 0 Å². The van der Waals surface area contributed by atoms with Gasteiger partial charge in [0.1, 0.15) is 0 Å². The highest BCUT2D eigenvalue weighted by molar-refractivity contribution is 5.74. The van der Waals surface area contributed by atoms with E-state index in [4.69, 9.17) is 0 Å². The van der Waals surface area contributed by atoms with Crippen LogP contribution in [0.4, 0.5) is 0 Å². The Labute approximate surface area is 140 Å². The minimum absolute atomic E-state index is 0.184. The molecule has 118 valence electrons. The fourth-order valence-corrected chi connectivity index (χ4v) is 2.97. The van der Waals surface area contributed by atoms with Gasteiger partial charge in [-0.1, -0.05) is 75.4 Å². The number of allylic oxidation sites excluding steroid dienone is 2. The summed E-state index contributed by atoms with van der Waals surface area (Å²) in [6.07, 6.45) is 4.68. The second-order valence-corrected chi connectivity index (χ2v) is 7.27. The van der Waals surface area contributed by atoms with Gasteiger partial charge in [-0.25, -0.2) is 0 Å². The third-order valence-electron chi connectivity index (χ3n) is 4.42. The Balaban J connectivity index is 2.01. The van der Waals surface area contributed by atoms with Gasteiger partial charge in [0.05, 0.1) is 0 Å². The zero-order valence-corrected chi connectivity index (χ0v) is 14.5. The minimum atomic E-state index is 0.184. The predicted molar refractivity (Wildman–Crippen MR) is 100 cm³/mol. The average Bonchev–Trinajstić information content (AvgIpc) is 2.55. The van der Waals surface area contributed by atoms with Crippen LogP contribution in [0.25, 0.3) is 16.8 Å². The van der Waals surface area contributed by atoms with Gasteiger partial charge < -0.3 is 4.90 Å². The molecule has 0 saturated heterocycles. The molecule has 23 heavy (non-hydrogen) atoms. The van der Waals surface area contributed by atoms with Crippen LogP contribution < -0.4 is 0 Å². The summed E-state index contributed by atoms with van der Waals surface area (Å²) in [5.74, 6) is 0. The number of likely N-dealkylation sites (N-methyl/N-ethyl adjacent to an activating group) is 1. The Morgan fingerprint density at radius 3 is 2.17 bits per heavy atom. The van der Waals surface area contributed by atoms with Crippen molar-refractivity contribution in [3.8, 4) is 11.1 Å². The Morgan fingerprint density at radius 2 is 1.48 bits per heavy atom. The van der Waals surface area contributed by atoms with E-state index in [0.717, 1.165) is 6.54 Å². The fraction of sp³-hybridized carbons (Fsp3) is 0.273. The van der Waals surface area contributed by atoms with E-state index < -0.39 is 0 Å². The average molecular weight is 303 g/mol. The summed E-state index contributed by atoms with van der Waals surface area (Å²) in [5.41, 5.74) is 6.71. The molecule has 1 aliphatic rings. The van der Waals surface area contributed by atoms with E-state index in [2.05, 4.69) is 99.5 Å². The van der Waals surface area contributed by atoms with E-state index in [1.165, 1.54) is 28.0 Å². The Kier molecular flexibility index (Phi) is 4.12.